The fraction of sp³-hybridized carbons (Fsp3) is 0.600. The second-order valence-electron chi connectivity index (χ2n) is 2.23. The fourth-order valence-electron chi connectivity index (χ4n) is 0.605. The van der Waals surface area contributed by atoms with Crippen LogP contribution in [0.5, 0.6) is 0 Å². The molecular formula is C5H7NO4. The summed E-state index contributed by atoms with van der Waals surface area (Å²) in [6, 6.07) is 0. The maximum atomic E-state index is 10.7. The van der Waals surface area contributed by atoms with Gasteiger partial charge in [-0.05, 0) is 6.92 Å². The minimum Gasteiger partial charge on any atom is -0.430 e. The van der Waals surface area contributed by atoms with Gasteiger partial charge in [0.15, 0.2) is 0 Å². The number of imide groups is 1. The summed E-state index contributed by atoms with van der Waals surface area (Å²) in [5.41, 5.74) is -1.38. The van der Waals surface area contributed by atoms with Gasteiger partial charge in [-0.3, -0.25) is 10.1 Å². The molecule has 2 N–H and O–H groups in total. The summed E-state index contributed by atoms with van der Waals surface area (Å²) in [5.74, 6) is -0.597. The second kappa shape index (κ2) is 1.95. The number of alkyl carbamates (subject to hydrolysis) is 1. The molecule has 1 unspecified atom stereocenters. The van der Waals surface area contributed by atoms with Crippen molar-refractivity contribution in [3.05, 3.63) is 0 Å². The van der Waals surface area contributed by atoms with Gasteiger partial charge in [-0.25, -0.2) is 4.79 Å². The maximum Gasteiger partial charge on any atom is 0.415 e. The molecule has 1 heterocycles. The van der Waals surface area contributed by atoms with Crippen molar-refractivity contribution in [3.8, 4) is 0 Å². The molecule has 0 aromatic rings. The number of aliphatic hydroxyl groups excluding tert-OH is 1. The highest BCUT2D eigenvalue weighted by molar-refractivity contribution is 6.02. The lowest BCUT2D eigenvalue weighted by Gasteiger charge is -2.13. The lowest BCUT2D eigenvalue weighted by molar-refractivity contribution is -0.132. The number of cyclic esters (lactones) is 1. The first kappa shape index (κ1) is 7.01. The predicted octanol–water partition coefficient (Wildman–Crippen LogP) is -0.996. The summed E-state index contributed by atoms with van der Waals surface area (Å²) >= 11 is 0. The number of carbonyl (C=O) groups excluding carboxylic acids is 2. The van der Waals surface area contributed by atoms with Gasteiger partial charge >= 0.3 is 6.09 Å². The molecule has 0 aromatic heterocycles. The van der Waals surface area contributed by atoms with Gasteiger partial charge in [-0.15, -0.1) is 0 Å². The van der Waals surface area contributed by atoms with Crippen LogP contribution in [0.3, 0.4) is 0 Å². The molecule has 56 valence electrons. The van der Waals surface area contributed by atoms with Gasteiger partial charge in [-0.2, -0.15) is 0 Å². The highest BCUT2D eigenvalue weighted by atomic mass is 16.6. The molecular weight excluding hydrogens is 138 g/mol. The van der Waals surface area contributed by atoms with Crippen molar-refractivity contribution in [2.75, 3.05) is 6.61 Å². The van der Waals surface area contributed by atoms with Gasteiger partial charge in [0, 0.05) is 0 Å². The largest absolute Gasteiger partial charge is 0.430 e. The van der Waals surface area contributed by atoms with Crippen LogP contribution in [-0.4, -0.2) is 29.3 Å². The standard InChI is InChI=1S/C5H7NO4/c1-5(2-7)3(8)6-4(9)10-5/h7H,2H2,1H3,(H,6,8,9). The van der Waals surface area contributed by atoms with Crippen LogP contribution >= 0.6 is 0 Å². The lowest BCUT2D eigenvalue weighted by Crippen LogP contribution is -2.39. The van der Waals surface area contributed by atoms with E-state index in [0.717, 1.165) is 0 Å². The van der Waals surface area contributed by atoms with Crippen molar-refractivity contribution in [2.45, 2.75) is 12.5 Å². The Morgan fingerprint density at radius 2 is 2.30 bits per heavy atom. The van der Waals surface area contributed by atoms with Crippen LogP contribution in [0, 0.1) is 0 Å². The third-order valence-corrected chi connectivity index (χ3v) is 1.32. The van der Waals surface area contributed by atoms with Gasteiger partial charge in [-0.1, -0.05) is 0 Å². The van der Waals surface area contributed by atoms with Crippen molar-refractivity contribution in [1.82, 2.24) is 5.32 Å². The van der Waals surface area contributed by atoms with Crippen LogP contribution in [0.4, 0.5) is 4.79 Å². The minimum atomic E-state index is -1.38. The molecule has 5 heteroatoms. The highest BCUT2D eigenvalue weighted by Gasteiger charge is 2.44. The van der Waals surface area contributed by atoms with Gasteiger partial charge in [0.1, 0.15) is 0 Å². The molecule has 1 aliphatic heterocycles. The number of ether oxygens (including phenoxy) is 1. The zero-order valence-corrected chi connectivity index (χ0v) is 5.38. The smallest absolute Gasteiger partial charge is 0.415 e. The molecule has 1 aliphatic rings. The number of carbonyl (C=O) groups is 2. The van der Waals surface area contributed by atoms with Crippen molar-refractivity contribution < 1.29 is 19.4 Å². The molecule has 1 saturated heterocycles. The van der Waals surface area contributed by atoms with E-state index >= 15 is 0 Å². The normalized spacial score (nSPS) is 31.8. The zero-order valence-electron chi connectivity index (χ0n) is 5.38. The quantitative estimate of drug-likeness (QED) is 0.496. The van der Waals surface area contributed by atoms with Gasteiger partial charge in [0.25, 0.3) is 5.91 Å². The molecule has 10 heavy (non-hydrogen) atoms. The summed E-state index contributed by atoms with van der Waals surface area (Å²) in [4.78, 5) is 21.1. The SMILES string of the molecule is CC1(CO)OC(=O)NC1=O. The van der Waals surface area contributed by atoms with Crippen molar-refractivity contribution in [2.24, 2.45) is 0 Å². The molecule has 0 spiro atoms. The summed E-state index contributed by atoms with van der Waals surface area (Å²) in [7, 11) is 0. The summed E-state index contributed by atoms with van der Waals surface area (Å²) < 4.78 is 4.46. The third kappa shape index (κ3) is 0.841. The Hall–Kier alpha value is -1.10. The van der Waals surface area contributed by atoms with Crippen LogP contribution in [0.1, 0.15) is 6.92 Å². The van der Waals surface area contributed by atoms with Crippen LogP contribution in [0.25, 0.3) is 0 Å². The Kier molecular flexibility index (Phi) is 1.37. The fourth-order valence-corrected chi connectivity index (χ4v) is 0.605. The maximum absolute atomic E-state index is 10.7. The van der Waals surface area contributed by atoms with E-state index in [2.05, 4.69) is 4.74 Å². The molecule has 1 fully saturated rings. The Morgan fingerprint density at radius 1 is 1.70 bits per heavy atom. The molecule has 5 nitrogen and oxygen atoms in total. The van der Waals surface area contributed by atoms with Gasteiger partial charge < -0.3 is 9.84 Å². The molecule has 0 bridgehead atoms. The topological polar surface area (TPSA) is 75.6 Å². The first-order valence-corrected chi connectivity index (χ1v) is 2.74. The monoisotopic (exact) mass is 145 g/mol. The van der Waals surface area contributed by atoms with E-state index in [-0.39, 0.29) is 0 Å². The third-order valence-electron chi connectivity index (χ3n) is 1.32. The molecule has 1 atom stereocenters. The molecule has 0 aromatic carbocycles. The summed E-state index contributed by atoms with van der Waals surface area (Å²) in [6.07, 6.45) is -0.804. The highest BCUT2D eigenvalue weighted by Crippen LogP contribution is 2.14. The average molecular weight is 145 g/mol. The number of hydrogen-bond donors (Lipinski definition) is 2. The predicted molar refractivity (Wildman–Crippen MR) is 30.1 cm³/mol. The number of aliphatic hydroxyl groups is 1. The number of nitrogens with one attached hydrogen (secondary N) is 1. The summed E-state index contributed by atoms with van der Waals surface area (Å²) in [6.45, 7) is 0.845. The summed E-state index contributed by atoms with van der Waals surface area (Å²) in [5, 5.41) is 10.5. The van der Waals surface area contributed by atoms with E-state index in [9.17, 15) is 9.59 Å². The van der Waals surface area contributed by atoms with Crippen molar-refractivity contribution in [3.63, 3.8) is 0 Å². The Balaban J connectivity index is 2.80. The number of rotatable bonds is 1. The minimum absolute atomic E-state index is 0.495. The van der Waals surface area contributed by atoms with Gasteiger partial charge in [0.2, 0.25) is 5.60 Å². The van der Waals surface area contributed by atoms with Crippen LogP contribution in [0.2, 0.25) is 0 Å². The van der Waals surface area contributed by atoms with Crippen molar-refractivity contribution in [1.29, 1.82) is 0 Å². The van der Waals surface area contributed by atoms with E-state index in [1.54, 1.807) is 0 Å². The van der Waals surface area contributed by atoms with E-state index in [0.29, 0.717) is 0 Å². The van der Waals surface area contributed by atoms with Crippen LogP contribution in [-0.2, 0) is 9.53 Å². The van der Waals surface area contributed by atoms with E-state index in [1.165, 1.54) is 6.92 Å². The zero-order chi connectivity index (χ0) is 7.78. The van der Waals surface area contributed by atoms with E-state index in [1.807, 2.05) is 5.32 Å². The van der Waals surface area contributed by atoms with Gasteiger partial charge in [0.05, 0.1) is 6.61 Å². The number of hydrogen-bond acceptors (Lipinski definition) is 4. The first-order valence-electron chi connectivity index (χ1n) is 2.74. The lowest BCUT2D eigenvalue weighted by atomic mass is 10.1. The van der Waals surface area contributed by atoms with E-state index < -0.39 is 24.2 Å². The van der Waals surface area contributed by atoms with E-state index in [4.69, 9.17) is 5.11 Å². The van der Waals surface area contributed by atoms with Crippen LogP contribution < -0.4 is 5.32 Å². The average Bonchev–Trinajstić information content (AvgIpc) is 2.09. The number of amides is 2. The first-order chi connectivity index (χ1) is 4.58. The molecule has 0 aliphatic carbocycles. The molecule has 0 saturated carbocycles. The van der Waals surface area contributed by atoms with Crippen LogP contribution in [0.15, 0.2) is 0 Å². The Labute approximate surface area is 57.0 Å². The second-order valence-corrected chi connectivity index (χ2v) is 2.23. The Bertz CT molecular complexity index is 190. The Morgan fingerprint density at radius 3 is 2.50 bits per heavy atom. The molecule has 0 radical (unpaired) electrons. The molecule has 1 rings (SSSR count). The van der Waals surface area contributed by atoms with Crippen molar-refractivity contribution >= 4 is 12.0 Å². The molecule has 2 amide bonds.